The second kappa shape index (κ2) is 7.40. The van der Waals surface area contributed by atoms with Gasteiger partial charge in [0.15, 0.2) is 11.5 Å². The minimum absolute atomic E-state index is 0.0139. The Labute approximate surface area is 128 Å². The SMILES string of the molecule is COc1ccc(CN(C)C(=O)C2CCNC2)cc1OC(F)F. The van der Waals surface area contributed by atoms with Crippen molar-refractivity contribution in [3.8, 4) is 11.5 Å². The average molecular weight is 314 g/mol. The van der Waals surface area contributed by atoms with Crippen molar-refractivity contribution in [2.75, 3.05) is 27.2 Å². The molecule has 122 valence electrons. The van der Waals surface area contributed by atoms with E-state index in [2.05, 4.69) is 10.1 Å². The summed E-state index contributed by atoms with van der Waals surface area (Å²) in [5, 5.41) is 3.15. The van der Waals surface area contributed by atoms with Gasteiger partial charge in [-0.3, -0.25) is 4.79 Å². The van der Waals surface area contributed by atoms with Crippen LogP contribution in [0.3, 0.4) is 0 Å². The van der Waals surface area contributed by atoms with Crippen LogP contribution in [0.5, 0.6) is 11.5 Å². The number of hydrogen-bond donors (Lipinski definition) is 1. The number of methoxy groups -OCH3 is 1. The third-order valence-electron chi connectivity index (χ3n) is 3.65. The van der Waals surface area contributed by atoms with Gasteiger partial charge in [0, 0.05) is 20.1 Å². The number of halogens is 2. The molecule has 7 heteroatoms. The molecule has 0 bridgehead atoms. The number of nitrogens with zero attached hydrogens (tertiary/aromatic N) is 1. The molecule has 1 aliphatic heterocycles. The van der Waals surface area contributed by atoms with Crippen molar-refractivity contribution in [1.82, 2.24) is 10.2 Å². The van der Waals surface area contributed by atoms with E-state index in [9.17, 15) is 13.6 Å². The summed E-state index contributed by atoms with van der Waals surface area (Å²) in [6.45, 7) is -1.06. The number of alkyl halides is 2. The van der Waals surface area contributed by atoms with Crippen LogP contribution in [0.15, 0.2) is 18.2 Å². The van der Waals surface area contributed by atoms with Crippen LogP contribution in [-0.2, 0) is 11.3 Å². The van der Waals surface area contributed by atoms with Crippen LogP contribution >= 0.6 is 0 Å². The molecule has 0 spiro atoms. The monoisotopic (exact) mass is 314 g/mol. The molecule has 1 aliphatic rings. The molecule has 22 heavy (non-hydrogen) atoms. The summed E-state index contributed by atoms with van der Waals surface area (Å²) in [6.07, 6.45) is 0.825. The number of rotatable bonds is 6. The van der Waals surface area contributed by atoms with Gasteiger partial charge in [0.25, 0.3) is 0 Å². The maximum absolute atomic E-state index is 12.4. The van der Waals surface area contributed by atoms with Gasteiger partial charge in [-0.05, 0) is 30.7 Å². The zero-order valence-corrected chi connectivity index (χ0v) is 12.6. The van der Waals surface area contributed by atoms with Crippen LogP contribution in [-0.4, -0.2) is 44.7 Å². The minimum atomic E-state index is -2.92. The first-order valence-electron chi connectivity index (χ1n) is 7.08. The zero-order chi connectivity index (χ0) is 16.1. The maximum atomic E-state index is 12.4. The molecular formula is C15H20F2N2O3. The van der Waals surface area contributed by atoms with Crippen molar-refractivity contribution in [2.45, 2.75) is 19.6 Å². The summed E-state index contributed by atoms with van der Waals surface area (Å²) in [5.74, 6) is 0.244. The highest BCUT2D eigenvalue weighted by Gasteiger charge is 2.25. The fourth-order valence-corrected chi connectivity index (χ4v) is 2.54. The molecule has 1 N–H and O–H groups in total. The number of carbonyl (C=O) groups is 1. The lowest BCUT2D eigenvalue weighted by atomic mass is 10.1. The van der Waals surface area contributed by atoms with E-state index in [-0.39, 0.29) is 23.3 Å². The van der Waals surface area contributed by atoms with Gasteiger partial charge in [-0.15, -0.1) is 0 Å². The van der Waals surface area contributed by atoms with Gasteiger partial charge in [-0.2, -0.15) is 8.78 Å². The fourth-order valence-electron chi connectivity index (χ4n) is 2.54. The number of carbonyl (C=O) groups excluding carboxylic acids is 1. The summed E-state index contributed by atoms with van der Waals surface area (Å²) in [4.78, 5) is 13.8. The second-order valence-corrected chi connectivity index (χ2v) is 5.25. The van der Waals surface area contributed by atoms with E-state index in [0.717, 1.165) is 13.0 Å². The summed E-state index contributed by atoms with van der Waals surface area (Å²) < 4.78 is 34.3. The first-order chi connectivity index (χ1) is 10.5. The maximum Gasteiger partial charge on any atom is 0.387 e. The van der Waals surface area contributed by atoms with E-state index in [4.69, 9.17) is 4.74 Å². The van der Waals surface area contributed by atoms with Crippen molar-refractivity contribution in [1.29, 1.82) is 0 Å². The Balaban J connectivity index is 2.06. The van der Waals surface area contributed by atoms with Crippen molar-refractivity contribution in [2.24, 2.45) is 5.92 Å². The van der Waals surface area contributed by atoms with E-state index in [1.54, 1.807) is 24.1 Å². The molecular weight excluding hydrogens is 294 g/mol. The van der Waals surface area contributed by atoms with Gasteiger partial charge >= 0.3 is 6.61 Å². The molecule has 0 radical (unpaired) electrons. The fraction of sp³-hybridized carbons (Fsp3) is 0.533. The second-order valence-electron chi connectivity index (χ2n) is 5.25. The molecule has 0 aromatic heterocycles. The van der Waals surface area contributed by atoms with Gasteiger partial charge in [-0.25, -0.2) is 0 Å². The topological polar surface area (TPSA) is 50.8 Å². The summed E-state index contributed by atoms with van der Waals surface area (Å²) in [5.41, 5.74) is 0.707. The first-order valence-corrected chi connectivity index (χ1v) is 7.08. The highest BCUT2D eigenvalue weighted by atomic mass is 19.3. The molecule has 1 saturated heterocycles. The molecule has 1 aromatic carbocycles. The standard InChI is InChI=1S/C15H20F2N2O3/c1-19(14(20)11-5-6-18-8-11)9-10-3-4-12(21-2)13(7-10)22-15(16)17/h3-4,7,11,15,18H,5-6,8-9H2,1-2H3. The lowest BCUT2D eigenvalue weighted by molar-refractivity contribution is -0.134. The van der Waals surface area contributed by atoms with Crippen molar-refractivity contribution in [3.63, 3.8) is 0 Å². The van der Waals surface area contributed by atoms with Crippen molar-refractivity contribution >= 4 is 5.91 Å². The van der Waals surface area contributed by atoms with E-state index >= 15 is 0 Å². The van der Waals surface area contributed by atoms with Gasteiger partial charge in [0.05, 0.1) is 13.0 Å². The van der Waals surface area contributed by atoms with Crippen LogP contribution in [0.25, 0.3) is 0 Å². The van der Waals surface area contributed by atoms with Crippen LogP contribution < -0.4 is 14.8 Å². The van der Waals surface area contributed by atoms with Gasteiger partial charge in [-0.1, -0.05) is 6.07 Å². The molecule has 1 amide bonds. The Morgan fingerprint density at radius 1 is 1.45 bits per heavy atom. The number of hydrogen-bond acceptors (Lipinski definition) is 4. The highest BCUT2D eigenvalue weighted by molar-refractivity contribution is 5.79. The lowest BCUT2D eigenvalue weighted by Crippen LogP contribution is -2.33. The average Bonchev–Trinajstić information content (AvgIpc) is 3.00. The molecule has 1 atom stereocenters. The lowest BCUT2D eigenvalue weighted by Gasteiger charge is -2.21. The number of benzene rings is 1. The molecule has 2 rings (SSSR count). The Kier molecular flexibility index (Phi) is 5.54. The van der Waals surface area contributed by atoms with Crippen LogP contribution in [0.2, 0.25) is 0 Å². The number of nitrogens with one attached hydrogen (secondary N) is 1. The van der Waals surface area contributed by atoms with E-state index in [1.807, 2.05) is 0 Å². The molecule has 1 heterocycles. The van der Waals surface area contributed by atoms with Gasteiger partial charge in [0.1, 0.15) is 0 Å². The smallest absolute Gasteiger partial charge is 0.387 e. The molecule has 1 aromatic rings. The number of amides is 1. The van der Waals surface area contributed by atoms with Crippen LogP contribution in [0.4, 0.5) is 8.78 Å². The largest absolute Gasteiger partial charge is 0.493 e. The Bertz CT molecular complexity index is 520. The van der Waals surface area contributed by atoms with Gasteiger partial charge in [0.2, 0.25) is 5.91 Å². The molecule has 0 saturated carbocycles. The number of ether oxygens (including phenoxy) is 2. The Morgan fingerprint density at radius 2 is 2.23 bits per heavy atom. The molecule has 0 aliphatic carbocycles. The van der Waals surface area contributed by atoms with Crippen LogP contribution in [0, 0.1) is 5.92 Å². The first kappa shape index (κ1) is 16.5. The summed E-state index contributed by atoms with van der Waals surface area (Å²) in [7, 11) is 3.09. The van der Waals surface area contributed by atoms with Crippen molar-refractivity contribution < 1.29 is 23.0 Å². The predicted molar refractivity (Wildman–Crippen MR) is 77.1 cm³/mol. The van der Waals surface area contributed by atoms with Crippen molar-refractivity contribution in [3.05, 3.63) is 23.8 Å². The van der Waals surface area contributed by atoms with E-state index in [0.29, 0.717) is 18.7 Å². The van der Waals surface area contributed by atoms with E-state index < -0.39 is 6.61 Å². The zero-order valence-electron chi connectivity index (χ0n) is 12.6. The quantitative estimate of drug-likeness (QED) is 0.871. The Morgan fingerprint density at radius 3 is 2.82 bits per heavy atom. The van der Waals surface area contributed by atoms with Crippen LogP contribution in [0.1, 0.15) is 12.0 Å². The molecule has 1 unspecified atom stereocenters. The third kappa shape index (κ3) is 4.07. The molecule has 1 fully saturated rings. The summed E-state index contributed by atoms with van der Waals surface area (Å²) in [6, 6.07) is 4.76. The minimum Gasteiger partial charge on any atom is -0.493 e. The predicted octanol–water partition coefficient (Wildman–Crippen LogP) is 1.86. The summed E-state index contributed by atoms with van der Waals surface area (Å²) >= 11 is 0. The third-order valence-corrected chi connectivity index (χ3v) is 3.65. The van der Waals surface area contributed by atoms with Gasteiger partial charge < -0.3 is 19.7 Å². The Hall–Kier alpha value is -1.89. The van der Waals surface area contributed by atoms with E-state index in [1.165, 1.54) is 13.2 Å². The normalized spacial score (nSPS) is 17.6. The molecule has 5 nitrogen and oxygen atoms in total. The highest BCUT2D eigenvalue weighted by Crippen LogP contribution is 2.30.